The molecule has 104 valence electrons. The van der Waals surface area contributed by atoms with Crippen LogP contribution < -0.4 is 0 Å². The van der Waals surface area contributed by atoms with Gasteiger partial charge in [-0.05, 0) is 27.7 Å². The highest BCUT2D eigenvalue weighted by atomic mass is 79.9. The zero-order valence-electron chi connectivity index (χ0n) is 11.0. The molecule has 6 heteroatoms. The molecule has 0 N–H and O–H groups in total. The lowest BCUT2D eigenvalue weighted by molar-refractivity contribution is -0.197. The zero-order valence-corrected chi connectivity index (χ0v) is 12.6. The van der Waals surface area contributed by atoms with Crippen LogP contribution in [-0.4, -0.2) is 47.6 Å². The van der Waals surface area contributed by atoms with Gasteiger partial charge in [-0.2, -0.15) is 0 Å². The lowest BCUT2D eigenvalue weighted by Gasteiger charge is -2.26. The van der Waals surface area contributed by atoms with Gasteiger partial charge in [-0.15, -0.1) is 0 Å². The van der Waals surface area contributed by atoms with Crippen LogP contribution in [0, 0.1) is 0 Å². The van der Waals surface area contributed by atoms with Crippen LogP contribution in [0.3, 0.4) is 0 Å². The quantitative estimate of drug-likeness (QED) is 0.689. The first-order valence-electron chi connectivity index (χ1n) is 6.24. The van der Waals surface area contributed by atoms with Crippen LogP contribution in [0.15, 0.2) is 0 Å². The minimum Gasteiger partial charge on any atom is -0.355 e. The van der Waals surface area contributed by atoms with Gasteiger partial charge in [0.1, 0.15) is 29.4 Å². The van der Waals surface area contributed by atoms with Crippen molar-refractivity contribution in [2.75, 3.05) is 6.61 Å². The highest BCUT2D eigenvalue weighted by Crippen LogP contribution is 2.43. The van der Waals surface area contributed by atoms with Gasteiger partial charge in [0, 0.05) is 0 Å². The van der Waals surface area contributed by atoms with E-state index in [1.807, 2.05) is 27.7 Å². The third-order valence-electron chi connectivity index (χ3n) is 3.43. The van der Waals surface area contributed by atoms with Crippen LogP contribution in [-0.2, 0) is 23.7 Å². The second kappa shape index (κ2) is 4.14. The maximum absolute atomic E-state index is 5.92. The van der Waals surface area contributed by atoms with Crippen molar-refractivity contribution in [3.05, 3.63) is 0 Å². The summed E-state index contributed by atoms with van der Waals surface area (Å²) in [6.07, 6.45) is -0.500. The molecule has 0 aromatic rings. The van der Waals surface area contributed by atoms with Gasteiger partial charge in [0.15, 0.2) is 11.6 Å². The molecule has 3 fully saturated rings. The molecule has 0 saturated carbocycles. The summed E-state index contributed by atoms with van der Waals surface area (Å²) in [6.45, 7) is 8.16. The molecule has 0 spiro atoms. The lowest BCUT2D eigenvalue weighted by Crippen LogP contribution is -2.40. The Bertz CT molecular complexity index is 345. The number of fused-ring (bicyclic) bond motifs is 1. The standard InChI is InChI=1S/C12H19BrO5/c1-11(2)14-5-6(16-11)7-8-9(10(13)15-7)18-12(3,4)17-8/h6-10H,5H2,1-4H3/t6-,7-,8+,9+,10+/m1/s1. The molecule has 5 nitrogen and oxygen atoms in total. The van der Waals surface area contributed by atoms with Crippen LogP contribution in [0.4, 0.5) is 0 Å². The molecule has 18 heavy (non-hydrogen) atoms. The van der Waals surface area contributed by atoms with Crippen LogP contribution >= 0.6 is 15.9 Å². The molecule has 3 heterocycles. The summed E-state index contributed by atoms with van der Waals surface area (Å²) >= 11 is 3.49. The number of ether oxygens (including phenoxy) is 5. The van der Waals surface area contributed by atoms with E-state index in [1.54, 1.807) is 0 Å². The predicted octanol–water partition coefficient (Wildman–Crippen LogP) is 1.78. The van der Waals surface area contributed by atoms with Crippen molar-refractivity contribution in [3.8, 4) is 0 Å². The molecule has 3 saturated heterocycles. The molecule has 0 aromatic carbocycles. The van der Waals surface area contributed by atoms with Crippen LogP contribution in [0.5, 0.6) is 0 Å². The Labute approximate surface area is 115 Å². The van der Waals surface area contributed by atoms with Gasteiger partial charge in [0.25, 0.3) is 0 Å². The van der Waals surface area contributed by atoms with Crippen molar-refractivity contribution in [1.82, 2.24) is 0 Å². The Morgan fingerprint density at radius 1 is 0.889 bits per heavy atom. The van der Waals surface area contributed by atoms with E-state index in [1.165, 1.54) is 0 Å². The maximum atomic E-state index is 5.92. The van der Waals surface area contributed by atoms with Gasteiger partial charge in [0.05, 0.1) is 6.61 Å². The highest BCUT2D eigenvalue weighted by Gasteiger charge is 2.58. The average molecular weight is 323 g/mol. The van der Waals surface area contributed by atoms with E-state index in [2.05, 4.69) is 15.9 Å². The van der Waals surface area contributed by atoms with Crippen molar-refractivity contribution in [1.29, 1.82) is 0 Å². The Balaban J connectivity index is 1.75. The first-order chi connectivity index (χ1) is 8.27. The monoisotopic (exact) mass is 322 g/mol. The molecule has 0 aromatic heterocycles. The topological polar surface area (TPSA) is 46.2 Å². The summed E-state index contributed by atoms with van der Waals surface area (Å²) in [6, 6.07) is 0. The summed E-state index contributed by atoms with van der Waals surface area (Å²) in [5.41, 5.74) is 0. The fraction of sp³-hybridized carbons (Fsp3) is 1.00. The van der Waals surface area contributed by atoms with Gasteiger partial charge in [0.2, 0.25) is 0 Å². The smallest absolute Gasteiger partial charge is 0.164 e. The van der Waals surface area contributed by atoms with E-state index >= 15 is 0 Å². The normalized spacial score (nSPS) is 49.5. The second-order valence-electron chi connectivity index (χ2n) is 5.88. The molecule has 3 aliphatic heterocycles. The average Bonchev–Trinajstić information content (AvgIpc) is 2.81. The molecule has 0 unspecified atom stereocenters. The highest BCUT2D eigenvalue weighted by molar-refractivity contribution is 9.09. The van der Waals surface area contributed by atoms with Crippen molar-refractivity contribution >= 4 is 15.9 Å². The lowest BCUT2D eigenvalue weighted by atomic mass is 10.1. The molecular formula is C12H19BrO5. The van der Waals surface area contributed by atoms with E-state index < -0.39 is 11.6 Å². The molecule has 3 rings (SSSR count). The Hall–Kier alpha value is 0.280. The maximum Gasteiger partial charge on any atom is 0.164 e. The molecule has 3 aliphatic rings. The van der Waals surface area contributed by atoms with Crippen LogP contribution in [0.25, 0.3) is 0 Å². The first kappa shape index (κ1) is 13.3. The minimum atomic E-state index is -0.571. The van der Waals surface area contributed by atoms with Crippen molar-refractivity contribution < 1.29 is 23.7 Å². The first-order valence-corrected chi connectivity index (χ1v) is 7.16. The SMILES string of the molecule is CC1(C)O[C@@H]2[C@H](O1)[C@@H](Br)O[C@@H]2[C@H]1COC(C)(C)O1. The Morgan fingerprint density at radius 3 is 2.17 bits per heavy atom. The van der Waals surface area contributed by atoms with Crippen LogP contribution in [0.2, 0.25) is 0 Å². The number of rotatable bonds is 1. The molecular weight excluding hydrogens is 304 g/mol. The predicted molar refractivity (Wildman–Crippen MR) is 66.3 cm³/mol. The Morgan fingerprint density at radius 2 is 1.56 bits per heavy atom. The number of hydrogen-bond acceptors (Lipinski definition) is 5. The third-order valence-corrected chi connectivity index (χ3v) is 4.17. The molecule has 0 bridgehead atoms. The van der Waals surface area contributed by atoms with E-state index in [0.29, 0.717) is 6.61 Å². The number of alkyl halides is 1. The summed E-state index contributed by atoms with van der Waals surface area (Å²) < 4.78 is 29.1. The number of hydrogen-bond donors (Lipinski definition) is 0. The zero-order chi connectivity index (χ0) is 13.1. The second-order valence-corrected chi connectivity index (χ2v) is 6.79. The Kier molecular flexibility index (Phi) is 3.05. The van der Waals surface area contributed by atoms with Gasteiger partial charge < -0.3 is 23.7 Å². The molecule has 5 atom stereocenters. The van der Waals surface area contributed by atoms with Gasteiger partial charge in [-0.1, -0.05) is 15.9 Å². The fourth-order valence-electron chi connectivity index (χ4n) is 2.76. The van der Waals surface area contributed by atoms with Crippen molar-refractivity contribution in [3.63, 3.8) is 0 Å². The third kappa shape index (κ3) is 2.23. The van der Waals surface area contributed by atoms with Gasteiger partial charge in [-0.3, -0.25) is 0 Å². The van der Waals surface area contributed by atoms with Crippen LogP contribution in [0.1, 0.15) is 27.7 Å². The van der Waals surface area contributed by atoms with Crippen molar-refractivity contribution in [2.45, 2.75) is 68.7 Å². The van der Waals surface area contributed by atoms with E-state index in [9.17, 15) is 0 Å². The van der Waals surface area contributed by atoms with Gasteiger partial charge in [-0.25, -0.2) is 0 Å². The van der Waals surface area contributed by atoms with E-state index in [-0.39, 0.29) is 29.4 Å². The molecule has 0 radical (unpaired) electrons. The summed E-state index contributed by atoms with van der Waals surface area (Å²) in [5, 5.41) is -0.165. The minimum absolute atomic E-state index is 0.0997. The fourth-order valence-corrected chi connectivity index (χ4v) is 3.41. The molecule has 0 amide bonds. The summed E-state index contributed by atoms with van der Waals surface area (Å²) in [7, 11) is 0. The largest absolute Gasteiger partial charge is 0.355 e. The summed E-state index contributed by atoms with van der Waals surface area (Å²) in [4.78, 5) is 0. The number of halogens is 1. The van der Waals surface area contributed by atoms with Crippen molar-refractivity contribution in [2.24, 2.45) is 0 Å². The summed E-state index contributed by atoms with van der Waals surface area (Å²) in [5.74, 6) is -1.12. The van der Waals surface area contributed by atoms with E-state index in [4.69, 9.17) is 23.7 Å². The van der Waals surface area contributed by atoms with Gasteiger partial charge >= 0.3 is 0 Å². The van der Waals surface area contributed by atoms with E-state index in [0.717, 1.165) is 0 Å². The molecule has 0 aliphatic carbocycles.